The lowest BCUT2D eigenvalue weighted by Crippen LogP contribution is -2.26. The van der Waals surface area contributed by atoms with Crippen LogP contribution in [0.5, 0.6) is 0 Å². The van der Waals surface area contributed by atoms with Crippen LogP contribution in [0.1, 0.15) is 38.5 Å². The summed E-state index contributed by atoms with van der Waals surface area (Å²) >= 11 is 5.73. The number of alkyl halides is 1. The Hall–Kier alpha value is 0.360. The van der Waals surface area contributed by atoms with E-state index in [1.165, 1.54) is 0 Å². The Morgan fingerprint density at radius 1 is 0.952 bits per heavy atom. The van der Waals surface area contributed by atoms with Gasteiger partial charge < -0.3 is 18.5 Å². The first-order chi connectivity index (χ1) is 10.2. The Balaban J connectivity index is 1.75. The lowest BCUT2D eigenvalue weighted by atomic mass is 10.1. The van der Waals surface area contributed by atoms with Gasteiger partial charge >= 0.3 is 7.60 Å². The van der Waals surface area contributed by atoms with Gasteiger partial charge in [0.05, 0.1) is 31.6 Å². The van der Waals surface area contributed by atoms with Crippen molar-refractivity contribution < 1.29 is 23.1 Å². The summed E-state index contributed by atoms with van der Waals surface area (Å²) in [6.45, 7) is 2.15. The summed E-state index contributed by atoms with van der Waals surface area (Å²) in [4.78, 5) is 0. The monoisotopic (exact) mass is 340 g/mol. The van der Waals surface area contributed by atoms with E-state index in [0.29, 0.717) is 13.2 Å². The maximum absolute atomic E-state index is 12.7. The fraction of sp³-hybridized carbons (Fsp3) is 1.00. The average Bonchev–Trinajstić information content (AvgIpc) is 2.54. The van der Waals surface area contributed by atoms with E-state index in [2.05, 4.69) is 0 Å². The van der Waals surface area contributed by atoms with Gasteiger partial charge in [0, 0.05) is 19.1 Å². The van der Waals surface area contributed by atoms with E-state index >= 15 is 0 Å². The molecule has 2 fully saturated rings. The lowest BCUT2D eigenvalue weighted by Gasteiger charge is -2.27. The molecule has 5 nitrogen and oxygen atoms in total. The van der Waals surface area contributed by atoms with Crippen LogP contribution in [-0.4, -0.2) is 50.7 Å². The van der Waals surface area contributed by atoms with Crippen LogP contribution in [-0.2, 0) is 23.1 Å². The number of hydrogen-bond acceptors (Lipinski definition) is 5. The van der Waals surface area contributed by atoms with Gasteiger partial charge in [0.25, 0.3) is 0 Å². The van der Waals surface area contributed by atoms with Gasteiger partial charge in [0.1, 0.15) is 0 Å². The summed E-state index contributed by atoms with van der Waals surface area (Å²) in [5.74, 6) is 0.258. The summed E-state index contributed by atoms with van der Waals surface area (Å²) in [7, 11) is -3.14. The molecule has 2 atom stereocenters. The predicted molar refractivity (Wildman–Crippen MR) is 82.3 cm³/mol. The van der Waals surface area contributed by atoms with Crippen LogP contribution in [0.3, 0.4) is 0 Å². The van der Waals surface area contributed by atoms with Crippen molar-refractivity contribution in [2.75, 3.05) is 38.5 Å². The van der Waals surface area contributed by atoms with Crippen LogP contribution in [0.25, 0.3) is 0 Å². The lowest BCUT2D eigenvalue weighted by molar-refractivity contribution is -0.0267. The smallest absolute Gasteiger partial charge is 0.332 e. The third-order valence-electron chi connectivity index (χ3n) is 3.82. The molecule has 0 N–H and O–H groups in total. The van der Waals surface area contributed by atoms with Crippen molar-refractivity contribution in [3.63, 3.8) is 0 Å². The molecule has 7 heteroatoms. The average molecular weight is 341 g/mol. The summed E-state index contributed by atoms with van der Waals surface area (Å²) in [6.07, 6.45) is 6.62. The molecule has 124 valence electrons. The highest BCUT2D eigenvalue weighted by Crippen LogP contribution is 2.48. The quantitative estimate of drug-likeness (QED) is 0.499. The molecule has 0 amide bonds. The van der Waals surface area contributed by atoms with E-state index < -0.39 is 7.60 Å². The summed E-state index contributed by atoms with van der Waals surface area (Å²) in [5.41, 5.74) is 0. The highest BCUT2D eigenvalue weighted by molar-refractivity contribution is 7.54. The minimum absolute atomic E-state index is 0.0249. The fourth-order valence-electron chi connectivity index (χ4n) is 2.54. The van der Waals surface area contributed by atoms with E-state index in [9.17, 15) is 4.57 Å². The van der Waals surface area contributed by atoms with Crippen LogP contribution >= 0.6 is 19.2 Å². The molecule has 0 aliphatic carbocycles. The molecule has 2 unspecified atom stereocenters. The largest absolute Gasteiger partial charge is 0.376 e. The molecule has 0 aromatic carbocycles. The Morgan fingerprint density at radius 3 is 1.86 bits per heavy atom. The molecule has 2 rings (SSSR count). The molecule has 2 aliphatic rings. The molecule has 0 aromatic rings. The summed E-state index contributed by atoms with van der Waals surface area (Å²) < 4.78 is 35.0. The second-order valence-corrected chi connectivity index (χ2v) is 8.16. The first-order valence-corrected chi connectivity index (χ1v) is 10.2. The second-order valence-electron chi connectivity index (χ2n) is 5.59. The molecule has 2 saturated heterocycles. The zero-order chi connectivity index (χ0) is 15.0. The Morgan fingerprint density at radius 2 is 1.48 bits per heavy atom. The maximum Gasteiger partial charge on any atom is 0.332 e. The van der Waals surface area contributed by atoms with E-state index in [1.807, 2.05) is 0 Å². The van der Waals surface area contributed by atoms with Crippen LogP contribution in [0.4, 0.5) is 0 Å². The molecule has 2 aliphatic heterocycles. The zero-order valence-corrected chi connectivity index (χ0v) is 14.2. The van der Waals surface area contributed by atoms with E-state index in [0.717, 1.165) is 51.7 Å². The van der Waals surface area contributed by atoms with Crippen molar-refractivity contribution in [3.8, 4) is 0 Å². The number of hydrogen-bond donors (Lipinski definition) is 0. The summed E-state index contributed by atoms with van der Waals surface area (Å²) in [5, 5.41) is 0. The molecular formula is C14H26ClO5P. The fourth-order valence-corrected chi connectivity index (χ4v) is 4.49. The molecule has 0 radical (unpaired) electrons. The molecule has 21 heavy (non-hydrogen) atoms. The minimum atomic E-state index is -3.14. The Labute approximate surface area is 132 Å². The van der Waals surface area contributed by atoms with Gasteiger partial charge in [0.15, 0.2) is 0 Å². The highest BCUT2D eigenvalue weighted by atomic mass is 35.5. The van der Waals surface area contributed by atoms with Gasteiger partial charge in [-0.3, -0.25) is 4.57 Å². The minimum Gasteiger partial charge on any atom is -0.376 e. The van der Waals surface area contributed by atoms with Crippen molar-refractivity contribution in [3.05, 3.63) is 0 Å². The predicted octanol–water partition coefficient (Wildman–Crippen LogP) is 3.59. The highest BCUT2D eigenvalue weighted by Gasteiger charge is 2.28. The molecule has 2 heterocycles. The van der Waals surface area contributed by atoms with Gasteiger partial charge in [-0.15, -0.1) is 11.6 Å². The number of ether oxygens (including phenoxy) is 2. The number of halogens is 1. The molecule has 0 aromatic heterocycles. The van der Waals surface area contributed by atoms with E-state index in [-0.39, 0.29) is 24.2 Å². The molecular weight excluding hydrogens is 315 g/mol. The molecule has 0 bridgehead atoms. The van der Waals surface area contributed by atoms with Crippen LogP contribution in [0, 0.1) is 0 Å². The summed E-state index contributed by atoms with van der Waals surface area (Å²) in [6, 6.07) is 0. The SMILES string of the molecule is O=P(CCCl)(OCC1CCCCO1)OCC1CCCCO1. The van der Waals surface area contributed by atoms with Crippen molar-refractivity contribution >= 4 is 19.2 Å². The zero-order valence-electron chi connectivity index (χ0n) is 12.5. The Bertz CT molecular complexity index is 303. The van der Waals surface area contributed by atoms with E-state index in [1.54, 1.807) is 0 Å². The van der Waals surface area contributed by atoms with Gasteiger partial charge in [0.2, 0.25) is 0 Å². The topological polar surface area (TPSA) is 54.0 Å². The van der Waals surface area contributed by atoms with Crippen molar-refractivity contribution in [2.45, 2.75) is 50.7 Å². The second kappa shape index (κ2) is 9.49. The van der Waals surface area contributed by atoms with E-state index in [4.69, 9.17) is 30.1 Å². The van der Waals surface area contributed by atoms with Gasteiger partial charge in [-0.2, -0.15) is 0 Å². The maximum atomic E-state index is 12.7. The van der Waals surface area contributed by atoms with Crippen molar-refractivity contribution in [2.24, 2.45) is 0 Å². The first-order valence-electron chi connectivity index (χ1n) is 7.89. The number of rotatable bonds is 8. The van der Waals surface area contributed by atoms with Crippen LogP contribution in [0.2, 0.25) is 0 Å². The normalized spacial score (nSPS) is 30.0. The Kier molecular flexibility index (Phi) is 8.00. The van der Waals surface area contributed by atoms with Gasteiger partial charge in [-0.1, -0.05) is 0 Å². The molecule has 0 spiro atoms. The standard InChI is InChI=1S/C14H26ClO5P/c15-7-10-21(16,19-11-13-5-1-3-8-17-13)20-12-14-6-2-4-9-18-14/h13-14H,1-12H2. The van der Waals surface area contributed by atoms with Crippen molar-refractivity contribution in [1.29, 1.82) is 0 Å². The third kappa shape index (κ3) is 6.55. The third-order valence-corrected chi connectivity index (χ3v) is 6.13. The molecule has 0 saturated carbocycles. The van der Waals surface area contributed by atoms with Gasteiger partial charge in [-0.25, -0.2) is 0 Å². The van der Waals surface area contributed by atoms with Crippen molar-refractivity contribution in [1.82, 2.24) is 0 Å². The van der Waals surface area contributed by atoms with Crippen LogP contribution < -0.4 is 0 Å². The first kappa shape index (κ1) is 17.7. The van der Waals surface area contributed by atoms with Crippen LogP contribution in [0.15, 0.2) is 0 Å². The van der Waals surface area contributed by atoms with Gasteiger partial charge in [-0.05, 0) is 38.5 Å².